The third-order valence-corrected chi connectivity index (χ3v) is 4.17. The van der Waals surface area contributed by atoms with Gasteiger partial charge in [-0.15, -0.1) is 0 Å². The summed E-state index contributed by atoms with van der Waals surface area (Å²) in [7, 11) is 1.79. The topological polar surface area (TPSA) is 70.5 Å². The Labute approximate surface area is 144 Å². The number of rotatable bonds is 6. The molecule has 1 aliphatic rings. The van der Waals surface area contributed by atoms with Gasteiger partial charge in [-0.05, 0) is 5.41 Å². The molecule has 1 aromatic heterocycles. The van der Waals surface area contributed by atoms with E-state index in [9.17, 15) is 9.59 Å². The van der Waals surface area contributed by atoms with Crippen molar-refractivity contribution in [3.63, 3.8) is 0 Å². The Balaban J connectivity index is 1.92. The average Bonchev–Trinajstić information content (AvgIpc) is 3.00. The summed E-state index contributed by atoms with van der Waals surface area (Å²) < 4.78 is 1.93. The van der Waals surface area contributed by atoms with Gasteiger partial charge < -0.3 is 14.8 Å². The van der Waals surface area contributed by atoms with Crippen LogP contribution in [0.3, 0.4) is 0 Å². The summed E-state index contributed by atoms with van der Waals surface area (Å²) in [6, 6.07) is -0.374. The van der Waals surface area contributed by atoms with Gasteiger partial charge in [0.1, 0.15) is 0 Å². The summed E-state index contributed by atoms with van der Waals surface area (Å²) >= 11 is 0. The fraction of sp³-hybridized carbons (Fsp3) is 0.706. The zero-order valence-corrected chi connectivity index (χ0v) is 15.2. The molecule has 1 aliphatic heterocycles. The highest BCUT2D eigenvalue weighted by molar-refractivity contribution is 5.88. The number of amides is 2. The van der Waals surface area contributed by atoms with Gasteiger partial charge in [-0.25, -0.2) is 4.98 Å². The number of hydrogen-bond acceptors (Lipinski definition) is 4. The first-order valence-corrected chi connectivity index (χ1v) is 8.48. The maximum atomic E-state index is 12.5. The van der Waals surface area contributed by atoms with Crippen LogP contribution in [-0.4, -0.2) is 70.4 Å². The molecule has 1 saturated heterocycles. The van der Waals surface area contributed by atoms with Crippen LogP contribution in [0.5, 0.6) is 0 Å². The van der Waals surface area contributed by atoms with Gasteiger partial charge >= 0.3 is 0 Å². The third-order valence-electron chi connectivity index (χ3n) is 4.17. The number of nitrogens with one attached hydrogen (secondary N) is 1. The second kappa shape index (κ2) is 7.79. The third kappa shape index (κ3) is 5.33. The SMILES string of the molecule is CN(CCn1ccnc1)C(=O)CC1C(=O)NCCN1CC(C)(C)C. The van der Waals surface area contributed by atoms with E-state index in [2.05, 4.69) is 36.0 Å². The molecule has 2 rings (SSSR count). The zero-order valence-electron chi connectivity index (χ0n) is 15.2. The lowest BCUT2D eigenvalue weighted by molar-refractivity contribution is -0.138. The van der Waals surface area contributed by atoms with Crippen molar-refractivity contribution >= 4 is 11.8 Å². The molecule has 1 aromatic rings. The fourth-order valence-electron chi connectivity index (χ4n) is 2.91. The Kier molecular flexibility index (Phi) is 5.99. The monoisotopic (exact) mass is 335 g/mol. The van der Waals surface area contributed by atoms with Crippen molar-refractivity contribution in [3.05, 3.63) is 18.7 Å². The molecule has 7 heteroatoms. The van der Waals surface area contributed by atoms with E-state index in [0.717, 1.165) is 13.1 Å². The van der Waals surface area contributed by atoms with Gasteiger partial charge in [0, 0.05) is 52.2 Å². The summed E-state index contributed by atoms with van der Waals surface area (Å²) in [4.78, 5) is 32.6. The quantitative estimate of drug-likeness (QED) is 0.825. The molecule has 134 valence electrons. The minimum atomic E-state index is -0.374. The van der Waals surface area contributed by atoms with Gasteiger partial charge in [0.15, 0.2) is 0 Å². The zero-order chi connectivity index (χ0) is 17.7. The van der Waals surface area contributed by atoms with Gasteiger partial charge in [-0.3, -0.25) is 14.5 Å². The van der Waals surface area contributed by atoms with Crippen LogP contribution in [0.2, 0.25) is 0 Å². The number of nitrogens with zero attached hydrogens (tertiary/aromatic N) is 4. The highest BCUT2D eigenvalue weighted by Crippen LogP contribution is 2.20. The van der Waals surface area contributed by atoms with Gasteiger partial charge in [0.25, 0.3) is 0 Å². The minimum Gasteiger partial charge on any atom is -0.353 e. The Bertz CT molecular complexity index is 550. The lowest BCUT2D eigenvalue weighted by Crippen LogP contribution is -2.58. The highest BCUT2D eigenvalue weighted by atomic mass is 16.2. The van der Waals surface area contributed by atoms with Crippen molar-refractivity contribution in [2.24, 2.45) is 5.41 Å². The number of piperazine rings is 1. The maximum absolute atomic E-state index is 12.5. The smallest absolute Gasteiger partial charge is 0.237 e. The first kappa shape index (κ1) is 18.4. The standard InChI is InChI=1S/C17H29N5O2/c1-17(2,3)12-22-8-6-19-16(24)14(22)11-15(23)20(4)9-10-21-7-5-18-13-21/h5,7,13-14H,6,8-12H2,1-4H3,(H,19,24). The van der Waals surface area contributed by atoms with Gasteiger partial charge in [-0.1, -0.05) is 20.8 Å². The molecule has 0 spiro atoms. The van der Waals surface area contributed by atoms with Gasteiger partial charge in [0.2, 0.25) is 11.8 Å². The van der Waals surface area contributed by atoms with Crippen LogP contribution in [0.25, 0.3) is 0 Å². The second-order valence-electron chi connectivity index (χ2n) is 7.66. The Hall–Kier alpha value is -1.89. The van der Waals surface area contributed by atoms with E-state index in [1.807, 2.05) is 10.8 Å². The predicted octanol–water partition coefficient (Wildman–Crippen LogP) is 0.578. The normalized spacial score (nSPS) is 19.2. The van der Waals surface area contributed by atoms with Crippen LogP contribution >= 0.6 is 0 Å². The molecule has 2 amide bonds. The first-order valence-electron chi connectivity index (χ1n) is 8.48. The molecule has 1 fully saturated rings. The van der Waals surface area contributed by atoms with Crippen LogP contribution in [-0.2, 0) is 16.1 Å². The number of likely N-dealkylation sites (N-methyl/N-ethyl adjacent to an activating group) is 1. The lowest BCUT2D eigenvalue weighted by atomic mass is 9.94. The van der Waals surface area contributed by atoms with Crippen LogP contribution in [0, 0.1) is 5.41 Å². The minimum absolute atomic E-state index is 0.00363. The van der Waals surface area contributed by atoms with E-state index in [1.165, 1.54) is 0 Å². The van der Waals surface area contributed by atoms with E-state index in [1.54, 1.807) is 24.5 Å². The highest BCUT2D eigenvalue weighted by Gasteiger charge is 2.34. The summed E-state index contributed by atoms with van der Waals surface area (Å²) in [6.07, 6.45) is 5.55. The van der Waals surface area contributed by atoms with E-state index < -0.39 is 0 Å². The van der Waals surface area contributed by atoms with Gasteiger partial charge in [0.05, 0.1) is 18.8 Å². The molecule has 24 heavy (non-hydrogen) atoms. The maximum Gasteiger partial charge on any atom is 0.237 e. The number of carbonyl (C=O) groups excluding carboxylic acids is 2. The van der Waals surface area contributed by atoms with E-state index >= 15 is 0 Å². The first-order chi connectivity index (χ1) is 11.3. The molecular formula is C17H29N5O2. The number of carbonyl (C=O) groups is 2. The number of hydrogen-bond donors (Lipinski definition) is 1. The summed E-state index contributed by atoms with van der Waals surface area (Å²) in [5, 5.41) is 2.88. The summed E-state index contributed by atoms with van der Waals surface area (Å²) in [6.45, 7) is 9.99. The van der Waals surface area contributed by atoms with Crippen LogP contribution < -0.4 is 5.32 Å². The van der Waals surface area contributed by atoms with Crippen LogP contribution in [0.1, 0.15) is 27.2 Å². The molecule has 1 atom stereocenters. The largest absolute Gasteiger partial charge is 0.353 e. The van der Waals surface area contributed by atoms with Crippen LogP contribution in [0.4, 0.5) is 0 Å². The Morgan fingerprint density at radius 2 is 2.21 bits per heavy atom. The van der Waals surface area contributed by atoms with Crippen LogP contribution in [0.15, 0.2) is 18.7 Å². The van der Waals surface area contributed by atoms with Crippen molar-refractivity contribution in [2.45, 2.75) is 39.8 Å². The molecule has 0 radical (unpaired) electrons. The Morgan fingerprint density at radius 1 is 1.46 bits per heavy atom. The Morgan fingerprint density at radius 3 is 2.83 bits per heavy atom. The van der Waals surface area contributed by atoms with Crippen molar-refractivity contribution in [3.8, 4) is 0 Å². The second-order valence-corrected chi connectivity index (χ2v) is 7.66. The summed E-state index contributed by atoms with van der Waals surface area (Å²) in [5.74, 6) is -0.0436. The average molecular weight is 335 g/mol. The van der Waals surface area contributed by atoms with E-state index in [4.69, 9.17) is 0 Å². The van der Waals surface area contributed by atoms with Crippen molar-refractivity contribution in [2.75, 3.05) is 33.2 Å². The fourth-order valence-corrected chi connectivity index (χ4v) is 2.91. The molecule has 2 heterocycles. The number of imidazole rings is 1. The molecule has 0 aromatic carbocycles. The van der Waals surface area contributed by atoms with E-state index in [0.29, 0.717) is 19.6 Å². The lowest BCUT2D eigenvalue weighted by Gasteiger charge is -2.39. The van der Waals surface area contributed by atoms with E-state index in [-0.39, 0.29) is 29.7 Å². The summed E-state index contributed by atoms with van der Waals surface area (Å²) in [5.41, 5.74) is 0.0895. The molecular weight excluding hydrogens is 306 g/mol. The molecule has 7 nitrogen and oxygen atoms in total. The molecule has 0 bridgehead atoms. The molecule has 0 saturated carbocycles. The van der Waals surface area contributed by atoms with Crippen molar-refractivity contribution < 1.29 is 9.59 Å². The van der Waals surface area contributed by atoms with Crippen molar-refractivity contribution in [1.29, 1.82) is 0 Å². The molecule has 1 N–H and O–H groups in total. The molecule has 1 unspecified atom stereocenters. The molecule has 0 aliphatic carbocycles. The van der Waals surface area contributed by atoms with Crippen molar-refractivity contribution in [1.82, 2.24) is 24.7 Å². The predicted molar refractivity (Wildman–Crippen MR) is 92.3 cm³/mol. The number of aromatic nitrogens is 2. The van der Waals surface area contributed by atoms with Gasteiger partial charge in [-0.2, -0.15) is 0 Å².